The van der Waals surface area contributed by atoms with Crippen molar-refractivity contribution in [2.75, 3.05) is 13.3 Å². The van der Waals surface area contributed by atoms with Gasteiger partial charge in [0.05, 0.1) is 0 Å². The Morgan fingerprint density at radius 2 is 2.11 bits per heavy atom. The summed E-state index contributed by atoms with van der Waals surface area (Å²) in [5, 5.41) is 0. The van der Waals surface area contributed by atoms with E-state index in [1.807, 2.05) is 0 Å². The lowest BCUT2D eigenvalue weighted by Crippen LogP contribution is -1.92. The van der Waals surface area contributed by atoms with Gasteiger partial charge in [0, 0.05) is 0 Å². The summed E-state index contributed by atoms with van der Waals surface area (Å²) < 4.78 is 15.2. The van der Waals surface area contributed by atoms with Crippen molar-refractivity contribution in [3.05, 3.63) is 0 Å². The normalized spacial score (nSPS) is 12.2. The largest absolute Gasteiger partial charge is 0.504 e. The van der Waals surface area contributed by atoms with E-state index < -0.39 is 8.03 Å². The third-order valence-electron chi connectivity index (χ3n) is 0.968. The fourth-order valence-corrected chi connectivity index (χ4v) is 0.779. The highest BCUT2D eigenvalue weighted by Gasteiger charge is 2.05. The summed E-state index contributed by atoms with van der Waals surface area (Å²) >= 11 is 0. The third-order valence-corrected chi connectivity index (χ3v) is 1.51. The quantitative estimate of drug-likeness (QED) is 0.574. The molecule has 2 nitrogen and oxygen atoms in total. The molecule has 9 heavy (non-hydrogen) atoms. The van der Waals surface area contributed by atoms with Gasteiger partial charge in [0.15, 0.2) is 6.66 Å². The molecule has 0 N–H and O–H groups in total. The Balaban J connectivity index is 3.01. The number of rotatable bonds is 4. The maximum atomic E-state index is 10.4. The zero-order valence-electron chi connectivity index (χ0n) is 6.26. The predicted molar refractivity (Wildman–Crippen MR) is 38.9 cm³/mol. The molecule has 1 atom stereocenters. The summed E-state index contributed by atoms with van der Waals surface area (Å²) in [6.45, 7) is 6.44. The topological polar surface area (TPSA) is 26.3 Å². The average molecular weight is 149 g/mol. The third kappa shape index (κ3) is 8.06. The van der Waals surface area contributed by atoms with Crippen molar-refractivity contribution >= 4 is 8.03 Å². The molecule has 0 spiro atoms. The highest BCUT2D eigenvalue weighted by molar-refractivity contribution is 7.38. The van der Waals surface area contributed by atoms with Gasteiger partial charge in [-0.15, -0.1) is 4.52 Å². The van der Waals surface area contributed by atoms with Crippen LogP contribution in [-0.4, -0.2) is 13.3 Å². The first-order valence-electron chi connectivity index (χ1n) is 3.16. The SMILES string of the molecule is CC(C)CCO[P+](C)=O. The van der Waals surface area contributed by atoms with E-state index >= 15 is 0 Å². The van der Waals surface area contributed by atoms with Gasteiger partial charge in [-0.05, 0) is 16.9 Å². The van der Waals surface area contributed by atoms with Gasteiger partial charge in [-0.2, -0.15) is 0 Å². The van der Waals surface area contributed by atoms with Crippen LogP contribution in [0.15, 0.2) is 0 Å². The molecule has 0 aromatic carbocycles. The van der Waals surface area contributed by atoms with Crippen LogP contribution >= 0.6 is 8.03 Å². The molecule has 0 aromatic rings. The van der Waals surface area contributed by atoms with Crippen molar-refractivity contribution in [2.24, 2.45) is 5.92 Å². The van der Waals surface area contributed by atoms with E-state index in [0.29, 0.717) is 12.5 Å². The van der Waals surface area contributed by atoms with Gasteiger partial charge >= 0.3 is 8.03 Å². The van der Waals surface area contributed by atoms with Crippen LogP contribution in [-0.2, 0) is 9.09 Å². The Kier molecular flexibility index (Phi) is 4.93. The zero-order valence-corrected chi connectivity index (χ0v) is 7.15. The first-order chi connectivity index (χ1) is 4.13. The number of hydrogen-bond donors (Lipinski definition) is 0. The summed E-state index contributed by atoms with van der Waals surface area (Å²) in [5.41, 5.74) is 0. The van der Waals surface area contributed by atoms with Crippen LogP contribution in [0.5, 0.6) is 0 Å². The summed E-state index contributed by atoms with van der Waals surface area (Å²) in [6, 6.07) is 0. The summed E-state index contributed by atoms with van der Waals surface area (Å²) in [6.07, 6.45) is 0.995. The minimum absolute atomic E-state index is 0.628. The van der Waals surface area contributed by atoms with E-state index in [1.165, 1.54) is 0 Å². The molecule has 0 aliphatic heterocycles. The Morgan fingerprint density at radius 3 is 2.44 bits per heavy atom. The van der Waals surface area contributed by atoms with Gasteiger partial charge in [-0.25, -0.2) is 0 Å². The molecular weight excluding hydrogens is 135 g/mol. The lowest BCUT2D eigenvalue weighted by Gasteiger charge is -1.96. The predicted octanol–water partition coefficient (Wildman–Crippen LogP) is 2.42. The molecule has 0 aliphatic rings. The lowest BCUT2D eigenvalue weighted by molar-refractivity contribution is 0.303. The molecule has 0 fully saturated rings. The van der Waals surface area contributed by atoms with Gasteiger partial charge in [0.25, 0.3) is 0 Å². The molecule has 0 saturated heterocycles. The molecule has 0 saturated carbocycles. The lowest BCUT2D eigenvalue weighted by atomic mass is 10.2. The van der Waals surface area contributed by atoms with Crippen LogP contribution in [0.25, 0.3) is 0 Å². The first-order valence-corrected chi connectivity index (χ1v) is 4.79. The van der Waals surface area contributed by atoms with Crippen LogP contribution in [0.4, 0.5) is 0 Å². The van der Waals surface area contributed by atoms with Crippen molar-refractivity contribution in [3.63, 3.8) is 0 Å². The van der Waals surface area contributed by atoms with Crippen LogP contribution in [0.2, 0.25) is 0 Å². The van der Waals surface area contributed by atoms with Crippen molar-refractivity contribution in [2.45, 2.75) is 20.3 Å². The molecule has 0 rings (SSSR count). The highest BCUT2D eigenvalue weighted by atomic mass is 31.1. The maximum Gasteiger partial charge on any atom is 0.504 e. The van der Waals surface area contributed by atoms with Gasteiger partial charge < -0.3 is 0 Å². The van der Waals surface area contributed by atoms with Gasteiger partial charge in [-0.3, -0.25) is 0 Å². The standard InChI is InChI=1S/C6H14O2P/c1-6(2)4-5-8-9(3)7/h6H,4-5H2,1-3H3/q+1. The first kappa shape index (κ1) is 9.06. The van der Waals surface area contributed by atoms with Crippen LogP contribution in [0.3, 0.4) is 0 Å². The van der Waals surface area contributed by atoms with Crippen molar-refractivity contribution in [1.29, 1.82) is 0 Å². The molecule has 0 aromatic heterocycles. The Morgan fingerprint density at radius 1 is 1.56 bits per heavy atom. The van der Waals surface area contributed by atoms with E-state index in [4.69, 9.17) is 4.52 Å². The van der Waals surface area contributed by atoms with Crippen LogP contribution in [0.1, 0.15) is 20.3 Å². The molecule has 0 bridgehead atoms. The smallest absolute Gasteiger partial charge is 0.147 e. The molecule has 1 unspecified atom stereocenters. The van der Waals surface area contributed by atoms with Crippen LogP contribution in [0, 0.1) is 5.92 Å². The van der Waals surface area contributed by atoms with Gasteiger partial charge in [-0.1, -0.05) is 13.8 Å². The van der Waals surface area contributed by atoms with E-state index in [2.05, 4.69) is 13.8 Å². The Bertz CT molecular complexity index is 91.1. The van der Waals surface area contributed by atoms with Crippen molar-refractivity contribution in [1.82, 2.24) is 0 Å². The summed E-state index contributed by atoms with van der Waals surface area (Å²) in [5.74, 6) is 0.639. The zero-order chi connectivity index (χ0) is 7.28. The van der Waals surface area contributed by atoms with Gasteiger partial charge in [0.1, 0.15) is 6.61 Å². The molecule has 3 heteroatoms. The fraction of sp³-hybridized carbons (Fsp3) is 1.00. The molecular formula is C6H14O2P+. The van der Waals surface area contributed by atoms with Crippen molar-refractivity contribution < 1.29 is 9.09 Å². The van der Waals surface area contributed by atoms with Crippen LogP contribution < -0.4 is 0 Å². The molecule has 0 heterocycles. The second-order valence-corrected chi connectivity index (χ2v) is 3.59. The summed E-state index contributed by atoms with van der Waals surface area (Å²) in [4.78, 5) is 0. The highest BCUT2D eigenvalue weighted by Crippen LogP contribution is 2.16. The van der Waals surface area contributed by atoms with E-state index in [1.54, 1.807) is 6.66 Å². The Labute approximate surface area is 57.5 Å². The Hall–Kier alpha value is 0.0600. The minimum Gasteiger partial charge on any atom is -0.147 e. The minimum atomic E-state index is -1.38. The van der Waals surface area contributed by atoms with E-state index in [0.717, 1.165) is 6.42 Å². The molecule has 0 aliphatic carbocycles. The molecule has 0 amide bonds. The second-order valence-electron chi connectivity index (χ2n) is 2.46. The van der Waals surface area contributed by atoms with E-state index in [9.17, 15) is 4.57 Å². The monoisotopic (exact) mass is 149 g/mol. The second kappa shape index (κ2) is 4.89. The number of hydrogen-bond acceptors (Lipinski definition) is 2. The molecule has 0 radical (unpaired) electrons. The van der Waals surface area contributed by atoms with E-state index in [-0.39, 0.29) is 0 Å². The average Bonchev–Trinajstić information content (AvgIpc) is 1.63. The maximum absolute atomic E-state index is 10.4. The fourth-order valence-electron chi connectivity index (χ4n) is 0.417. The summed E-state index contributed by atoms with van der Waals surface area (Å²) in [7, 11) is -1.38. The van der Waals surface area contributed by atoms with Gasteiger partial charge in [0.2, 0.25) is 0 Å². The molecule has 54 valence electrons. The van der Waals surface area contributed by atoms with Crippen molar-refractivity contribution in [3.8, 4) is 0 Å².